The molecule has 0 saturated heterocycles. The summed E-state index contributed by atoms with van der Waals surface area (Å²) >= 11 is 0. The summed E-state index contributed by atoms with van der Waals surface area (Å²) in [5, 5.41) is 9.43. The van der Waals surface area contributed by atoms with E-state index in [0.717, 1.165) is 30.3 Å². The minimum absolute atomic E-state index is 0.301. The Morgan fingerprint density at radius 1 is 1.36 bits per heavy atom. The normalized spacial score (nSPS) is 15.5. The van der Waals surface area contributed by atoms with Gasteiger partial charge in [0.2, 0.25) is 0 Å². The van der Waals surface area contributed by atoms with Crippen LogP contribution >= 0.6 is 0 Å². The van der Waals surface area contributed by atoms with Crippen molar-refractivity contribution >= 4 is 0 Å². The van der Waals surface area contributed by atoms with Crippen molar-refractivity contribution in [1.82, 2.24) is 0 Å². The first-order valence-corrected chi connectivity index (χ1v) is 5.23. The molecule has 0 radical (unpaired) electrons. The Morgan fingerprint density at radius 3 is 2.79 bits per heavy atom. The highest BCUT2D eigenvalue weighted by Crippen LogP contribution is 2.30. The number of phenols is 1. The van der Waals surface area contributed by atoms with Crippen molar-refractivity contribution in [2.24, 2.45) is 5.92 Å². The molecule has 0 amide bonds. The fourth-order valence-corrected chi connectivity index (χ4v) is 1.43. The number of hydrogen-bond donors (Lipinski definition) is 1. The molecule has 0 heterocycles. The van der Waals surface area contributed by atoms with Crippen LogP contribution < -0.4 is 4.74 Å². The number of ether oxygens (including phenoxy) is 1. The minimum atomic E-state index is 0.301. The monoisotopic (exact) mass is 192 g/mol. The van der Waals surface area contributed by atoms with E-state index in [-0.39, 0.29) is 0 Å². The third-order valence-electron chi connectivity index (χ3n) is 2.54. The number of benzene rings is 1. The summed E-state index contributed by atoms with van der Waals surface area (Å²) in [7, 11) is 0. The zero-order valence-electron chi connectivity index (χ0n) is 8.49. The molecular formula is C12H16O2. The van der Waals surface area contributed by atoms with E-state index in [1.54, 1.807) is 12.1 Å². The second-order valence-corrected chi connectivity index (χ2v) is 3.94. The van der Waals surface area contributed by atoms with Crippen molar-refractivity contribution in [1.29, 1.82) is 0 Å². The van der Waals surface area contributed by atoms with Gasteiger partial charge in [0.15, 0.2) is 0 Å². The number of rotatable bonds is 4. The molecule has 2 heteroatoms. The largest absolute Gasteiger partial charge is 0.508 e. The zero-order chi connectivity index (χ0) is 9.97. The van der Waals surface area contributed by atoms with Crippen LogP contribution in [0.15, 0.2) is 18.2 Å². The second kappa shape index (κ2) is 3.91. The van der Waals surface area contributed by atoms with Crippen LogP contribution in [0, 0.1) is 5.92 Å². The number of aryl methyl sites for hydroxylation is 1. The van der Waals surface area contributed by atoms with Gasteiger partial charge in [0.05, 0.1) is 6.61 Å². The lowest BCUT2D eigenvalue weighted by Crippen LogP contribution is -1.99. The van der Waals surface area contributed by atoms with E-state index in [2.05, 4.69) is 6.92 Å². The van der Waals surface area contributed by atoms with Crippen LogP contribution in [0.3, 0.4) is 0 Å². The van der Waals surface area contributed by atoms with Gasteiger partial charge < -0.3 is 9.84 Å². The summed E-state index contributed by atoms with van der Waals surface area (Å²) in [5.41, 5.74) is 1.12. The van der Waals surface area contributed by atoms with E-state index < -0.39 is 0 Å². The highest BCUT2D eigenvalue weighted by molar-refractivity contribution is 5.37. The molecule has 0 aliphatic heterocycles. The Morgan fingerprint density at radius 2 is 2.14 bits per heavy atom. The topological polar surface area (TPSA) is 29.5 Å². The van der Waals surface area contributed by atoms with Crippen molar-refractivity contribution in [2.45, 2.75) is 26.2 Å². The first kappa shape index (κ1) is 9.38. The van der Waals surface area contributed by atoms with Crippen LogP contribution in [0.4, 0.5) is 0 Å². The van der Waals surface area contributed by atoms with Crippen molar-refractivity contribution in [3.63, 3.8) is 0 Å². The average Bonchev–Trinajstić information content (AvgIpc) is 2.97. The Hall–Kier alpha value is -1.18. The second-order valence-electron chi connectivity index (χ2n) is 3.94. The molecule has 0 atom stereocenters. The summed E-state index contributed by atoms with van der Waals surface area (Å²) in [5.74, 6) is 1.85. The van der Waals surface area contributed by atoms with Gasteiger partial charge in [-0.1, -0.05) is 6.92 Å². The molecule has 1 aromatic carbocycles. The highest BCUT2D eigenvalue weighted by atomic mass is 16.5. The first-order chi connectivity index (χ1) is 6.78. The minimum Gasteiger partial charge on any atom is -0.508 e. The molecular weight excluding hydrogens is 176 g/mol. The molecule has 1 fully saturated rings. The molecule has 1 aliphatic carbocycles. The maximum atomic E-state index is 9.43. The SMILES string of the molecule is CCc1cc(O)cc(OCC2CC2)c1. The Labute approximate surface area is 84.5 Å². The van der Waals surface area contributed by atoms with Gasteiger partial charge in [0, 0.05) is 6.07 Å². The maximum Gasteiger partial charge on any atom is 0.123 e. The quantitative estimate of drug-likeness (QED) is 0.794. The number of phenolic OH excluding ortho intramolecular Hbond substituents is 1. The molecule has 0 bridgehead atoms. The maximum absolute atomic E-state index is 9.43. The summed E-state index contributed by atoms with van der Waals surface area (Å²) < 4.78 is 5.59. The summed E-state index contributed by atoms with van der Waals surface area (Å²) in [6.07, 6.45) is 3.51. The summed E-state index contributed by atoms with van der Waals surface area (Å²) in [6.45, 7) is 2.87. The molecule has 76 valence electrons. The van der Waals surface area contributed by atoms with E-state index >= 15 is 0 Å². The van der Waals surface area contributed by atoms with Crippen molar-refractivity contribution in [3.05, 3.63) is 23.8 Å². The fraction of sp³-hybridized carbons (Fsp3) is 0.500. The predicted octanol–water partition coefficient (Wildman–Crippen LogP) is 2.74. The van der Waals surface area contributed by atoms with Crippen molar-refractivity contribution in [3.8, 4) is 11.5 Å². The molecule has 1 N–H and O–H groups in total. The molecule has 0 spiro atoms. The van der Waals surface area contributed by atoms with Crippen LogP contribution in [0.5, 0.6) is 11.5 Å². The van der Waals surface area contributed by atoms with Gasteiger partial charge in [-0.2, -0.15) is 0 Å². The van der Waals surface area contributed by atoms with Crippen LogP contribution in [0.1, 0.15) is 25.3 Å². The molecule has 0 unspecified atom stereocenters. The van der Waals surface area contributed by atoms with Gasteiger partial charge in [-0.05, 0) is 42.9 Å². The van der Waals surface area contributed by atoms with Gasteiger partial charge in [0.1, 0.15) is 11.5 Å². The smallest absolute Gasteiger partial charge is 0.123 e. The van der Waals surface area contributed by atoms with Gasteiger partial charge in [-0.25, -0.2) is 0 Å². The molecule has 1 aliphatic rings. The van der Waals surface area contributed by atoms with E-state index in [9.17, 15) is 5.11 Å². The molecule has 1 aromatic rings. The van der Waals surface area contributed by atoms with Crippen molar-refractivity contribution < 1.29 is 9.84 Å². The third kappa shape index (κ3) is 2.41. The average molecular weight is 192 g/mol. The molecule has 14 heavy (non-hydrogen) atoms. The van der Waals surface area contributed by atoms with E-state index in [4.69, 9.17) is 4.74 Å². The Kier molecular flexibility index (Phi) is 2.62. The standard InChI is InChI=1S/C12H16O2/c1-2-9-5-11(13)7-12(6-9)14-8-10-3-4-10/h5-7,10,13H,2-4,8H2,1H3. The van der Waals surface area contributed by atoms with Crippen LogP contribution in [-0.2, 0) is 6.42 Å². The third-order valence-corrected chi connectivity index (χ3v) is 2.54. The predicted molar refractivity (Wildman–Crippen MR) is 55.7 cm³/mol. The summed E-state index contributed by atoms with van der Waals surface area (Å²) in [4.78, 5) is 0. The summed E-state index contributed by atoms with van der Waals surface area (Å²) in [6, 6.07) is 5.47. The lowest BCUT2D eigenvalue weighted by atomic mass is 10.1. The lowest BCUT2D eigenvalue weighted by Gasteiger charge is -2.07. The first-order valence-electron chi connectivity index (χ1n) is 5.23. The fourth-order valence-electron chi connectivity index (χ4n) is 1.43. The van der Waals surface area contributed by atoms with E-state index in [0.29, 0.717) is 5.75 Å². The van der Waals surface area contributed by atoms with Gasteiger partial charge >= 0.3 is 0 Å². The van der Waals surface area contributed by atoms with E-state index in [1.807, 2.05) is 6.07 Å². The molecule has 1 saturated carbocycles. The van der Waals surface area contributed by atoms with Gasteiger partial charge in [-0.3, -0.25) is 0 Å². The van der Waals surface area contributed by atoms with Gasteiger partial charge in [-0.15, -0.1) is 0 Å². The zero-order valence-corrected chi connectivity index (χ0v) is 8.49. The van der Waals surface area contributed by atoms with Crippen molar-refractivity contribution in [2.75, 3.05) is 6.61 Å². The molecule has 0 aromatic heterocycles. The Balaban J connectivity index is 2.03. The van der Waals surface area contributed by atoms with Crippen LogP contribution in [0.2, 0.25) is 0 Å². The lowest BCUT2D eigenvalue weighted by molar-refractivity contribution is 0.298. The number of aromatic hydroxyl groups is 1. The number of hydrogen-bond acceptors (Lipinski definition) is 2. The molecule has 2 rings (SSSR count). The van der Waals surface area contributed by atoms with Crippen LogP contribution in [-0.4, -0.2) is 11.7 Å². The highest BCUT2D eigenvalue weighted by Gasteiger charge is 2.21. The van der Waals surface area contributed by atoms with Gasteiger partial charge in [0.25, 0.3) is 0 Å². The van der Waals surface area contributed by atoms with Crippen LogP contribution in [0.25, 0.3) is 0 Å². The Bertz CT molecular complexity index is 316. The van der Waals surface area contributed by atoms with E-state index in [1.165, 1.54) is 12.8 Å². The molecule has 2 nitrogen and oxygen atoms in total.